The molecule has 2 aliphatic heterocycles. The molecule has 2 aromatic heterocycles. The van der Waals surface area contributed by atoms with Crippen LogP contribution < -0.4 is 0 Å². The van der Waals surface area contributed by atoms with Crippen LogP contribution >= 0.6 is 0 Å². The van der Waals surface area contributed by atoms with Crippen molar-refractivity contribution in [1.29, 1.82) is 0 Å². The molecule has 6 rings (SSSR count). The third kappa shape index (κ3) is 3.26. The van der Waals surface area contributed by atoms with E-state index in [4.69, 9.17) is 0 Å². The molecule has 1 aromatic carbocycles. The molecule has 6 nitrogen and oxygen atoms in total. The molecule has 3 aromatic rings. The monoisotopic (exact) mass is 442 g/mol. The summed E-state index contributed by atoms with van der Waals surface area (Å²) < 4.78 is 0. The molecule has 3 aliphatic rings. The van der Waals surface area contributed by atoms with Crippen LogP contribution in [0, 0.1) is 5.41 Å². The molecule has 1 atom stereocenters. The summed E-state index contributed by atoms with van der Waals surface area (Å²) in [6.07, 6.45) is 12.7. The van der Waals surface area contributed by atoms with E-state index in [2.05, 4.69) is 27.0 Å². The van der Waals surface area contributed by atoms with Crippen LogP contribution in [-0.2, 0) is 4.79 Å². The number of piperidine rings is 1. The van der Waals surface area contributed by atoms with Gasteiger partial charge in [-0.15, -0.1) is 0 Å². The number of hydrogen-bond donors (Lipinski definition) is 1. The standard InChI is InChI=1S/C27H30N4O2/c32-25(21-5-4-19-8-15-29-23(19)18-21)30-16-9-22(10-17-30)31-24(20-6-13-28-14-7-20)27(26(31)33)11-2-1-3-12-27/h4-8,13-15,18,22,24,29H,1-3,9-12,16-17H2. The van der Waals surface area contributed by atoms with E-state index in [1.165, 1.54) is 12.0 Å². The Bertz CT molecular complexity index is 1170. The average molecular weight is 443 g/mol. The number of aromatic nitrogens is 2. The topological polar surface area (TPSA) is 69.3 Å². The number of carbonyl (C=O) groups is 2. The lowest BCUT2D eigenvalue weighted by atomic mass is 9.59. The second kappa shape index (κ2) is 8.01. The lowest BCUT2D eigenvalue weighted by Gasteiger charge is -2.61. The molecule has 1 saturated carbocycles. The van der Waals surface area contributed by atoms with E-state index in [0.29, 0.717) is 19.0 Å². The molecule has 3 fully saturated rings. The Hall–Kier alpha value is -3.15. The first-order chi connectivity index (χ1) is 16.2. The van der Waals surface area contributed by atoms with Crippen LogP contribution in [-0.4, -0.2) is 50.7 Å². The zero-order chi connectivity index (χ0) is 22.4. The second-order valence-electron chi connectivity index (χ2n) is 9.92. The molecular formula is C27H30N4O2. The van der Waals surface area contributed by atoms with Crippen LogP contribution in [0.2, 0.25) is 0 Å². The molecule has 2 amide bonds. The lowest BCUT2D eigenvalue weighted by molar-refractivity contribution is -0.186. The number of nitrogens with one attached hydrogen (secondary N) is 1. The van der Waals surface area contributed by atoms with E-state index in [-0.39, 0.29) is 23.4 Å². The third-order valence-corrected chi connectivity index (χ3v) is 8.18. The fourth-order valence-corrected chi connectivity index (χ4v) is 6.47. The van der Waals surface area contributed by atoms with Gasteiger partial charge in [-0.3, -0.25) is 14.6 Å². The van der Waals surface area contributed by atoms with Crippen LogP contribution in [0.5, 0.6) is 0 Å². The number of carbonyl (C=O) groups excluding carboxylic acids is 2. The summed E-state index contributed by atoms with van der Waals surface area (Å²) in [5.74, 6) is 0.417. The van der Waals surface area contributed by atoms with Crippen LogP contribution in [0.1, 0.15) is 66.9 Å². The van der Waals surface area contributed by atoms with Crippen molar-refractivity contribution >= 4 is 22.7 Å². The highest BCUT2D eigenvalue weighted by molar-refractivity contribution is 5.98. The number of pyridine rings is 1. The van der Waals surface area contributed by atoms with E-state index in [0.717, 1.165) is 55.0 Å². The van der Waals surface area contributed by atoms with Gasteiger partial charge in [0.05, 0.1) is 11.5 Å². The highest BCUT2D eigenvalue weighted by Gasteiger charge is 2.62. The molecule has 1 spiro atoms. The van der Waals surface area contributed by atoms with Crippen molar-refractivity contribution in [2.45, 2.75) is 57.0 Å². The number of amides is 2. The average Bonchev–Trinajstić information content (AvgIpc) is 3.35. The van der Waals surface area contributed by atoms with Crippen LogP contribution in [0.15, 0.2) is 55.0 Å². The molecule has 6 heteroatoms. The Morgan fingerprint density at radius 1 is 1.00 bits per heavy atom. The van der Waals surface area contributed by atoms with Crippen molar-refractivity contribution in [3.05, 3.63) is 66.1 Å². The summed E-state index contributed by atoms with van der Waals surface area (Å²) in [7, 11) is 0. The molecule has 2 saturated heterocycles. The summed E-state index contributed by atoms with van der Waals surface area (Å²) in [6.45, 7) is 1.37. The van der Waals surface area contributed by atoms with E-state index < -0.39 is 0 Å². The Labute approximate surface area is 194 Å². The van der Waals surface area contributed by atoms with Crippen LogP contribution in [0.3, 0.4) is 0 Å². The van der Waals surface area contributed by atoms with Gasteiger partial charge in [-0.2, -0.15) is 0 Å². The van der Waals surface area contributed by atoms with Gasteiger partial charge < -0.3 is 14.8 Å². The SMILES string of the molecule is O=C(c1ccc2cc[nH]c2c1)N1CCC(N2C(=O)C3(CCCCC3)C2c2ccncc2)CC1. The number of H-pyrrole nitrogens is 1. The second-order valence-corrected chi connectivity index (χ2v) is 9.92. The number of fused-ring (bicyclic) bond motifs is 1. The van der Waals surface area contributed by atoms with Crippen molar-refractivity contribution in [3.8, 4) is 0 Å². The zero-order valence-electron chi connectivity index (χ0n) is 18.9. The lowest BCUT2D eigenvalue weighted by Crippen LogP contribution is -2.67. The Morgan fingerprint density at radius 3 is 2.52 bits per heavy atom. The molecule has 1 unspecified atom stereocenters. The minimum Gasteiger partial charge on any atom is -0.361 e. The van der Waals surface area contributed by atoms with E-state index in [1.54, 1.807) is 0 Å². The third-order valence-electron chi connectivity index (χ3n) is 8.18. The minimum atomic E-state index is -0.224. The van der Waals surface area contributed by atoms with Crippen LogP contribution in [0.4, 0.5) is 0 Å². The number of aromatic amines is 1. The summed E-state index contributed by atoms with van der Waals surface area (Å²) in [5.41, 5.74) is 2.70. The van der Waals surface area contributed by atoms with Gasteiger partial charge in [0.1, 0.15) is 0 Å². The largest absolute Gasteiger partial charge is 0.361 e. The molecular weight excluding hydrogens is 412 g/mol. The quantitative estimate of drug-likeness (QED) is 0.598. The van der Waals surface area contributed by atoms with Gasteiger partial charge in [-0.25, -0.2) is 0 Å². The predicted molar refractivity (Wildman–Crippen MR) is 127 cm³/mol. The maximum atomic E-state index is 13.6. The van der Waals surface area contributed by atoms with Gasteiger partial charge in [-0.1, -0.05) is 25.3 Å². The summed E-state index contributed by atoms with van der Waals surface area (Å²) >= 11 is 0. The van der Waals surface area contributed by atoms with E-state index >= 15 is 0 Å². The highest BCUT2D eigenvalue weighted by atomic mass is 16.2. The van der Waals surface area contributed by atoms with Crippen molar-refractivity contribution in [2.75, 3.05) is 13.1 Å². The van der Waals surface area contributed by atoms with E-state index in [1.807, 2.05) is 47.8 Å². The van der Waals surface area contributed by atoms with Gasteiger partial charge in [0.2, 0.25) is 5.91 Å². The summed E-state index contributed by atoms with van der Waals surface area (Å²) in [4.78, 5) is 38.2. The van der Waals surface area contributed by atoms with Crippen molar-refractivity contribution in [2.24, 2.45) is 5.41 Å². The number of hydrogen-bond acceptors (Lipinski definition) is 3. The molecule has 0 bridgehead atoms. The number of likely N-dealkylation sites (tertiary alicyclic amines) is 2. The van der Waals surface area contributed by atoms with E-state index in [9.17, 15) is 9.59 Å². The molecule has 33 heavy (non-hydrogen) atoms. The first-order valence-electron chi connectivity index (χ1n) is 12.3. The van der Waals surface area contributed by atoms with Gasteiger partial charge in [0, 0.05) is 48.8 Å². The number of rotatable bonds is 3. The molecule has 1 N–H and O–H groups in total. The summed E-state index contributed by atoms with van der Waals surface area (Å²) in [5, 5.41) is 1.11. The smallest absolute Gasteiger partial charge is 0.253 e. The molecule has 4 heterocycles. The number of β-lactam (4-membered cyclic amide) rings is 1. The fraction of sp³-hybridized carbons (Fsp3) is 0.444. The van der Waals surface area contributed by atoms with Gasteiger partial charge in [-0.05, 0) is 67.0 Å². The minimum absolute atomic E-state index is 0.0781. The maximum absolute atomic E-state index is 13.6. The van der Waals surface area contributed by atoms with Crippen molar-refractivity contribution in [3.63, 3.8) is 0 Å². The molecule has 170 valence electrons. The predicted octanol–water partition coefficient (Wildman–Crippen LogP) is 4.70. The first kappa shape index (κ1) is 20.5. The van der Waals surface area contributed by atoms with Gasteiger partial charge >= 0.3 is 0 Å². The Kier molecular flexibility index (Phi) is 4.97. The van der Waals surface area contributed by atoms with Crippen LogP contribution in [0.25, 0.3) is 10.9 Å². The number of benzene rings is 1. The first-order valence-corrected chi connectivity index (χ1v) is 12.3. The van der Waals surface area contributed by atoms with Gasteiger partial charge in [0.15, 0.2) is 0 Å². The number of nitrogens with zero attached hydrogens (tertiary/aromatic N) is 3. The fourth-order valence-electron chi connectivity index (χ4n) is 6.47. The maximum Gasteiger partial charge on any atom is 0.253 e. The Balaban J connectivity index is 1.19. The van der Waals surface area contributed by atoms with Gasteiger partial charge in [0.25, 0.3) is 5.91 Å². The zero-order valence-corrected chi connectivity index (χ0v) is 18.9. The molecule has 0 radical (unpaired) electrons. The van der Waals surface area contributed by atoms with Crippen molar-refractivity contribution < 1.29 is 9.59 Å². The summed E-state index contributed by atoms with van der Waals surface area (Å²) in [6, 6.07) is 12.4. The Morgan fingerprint density at radius 2 is 1.76 bits per heavy atom. The normalized spacial score (nSPS) is 23.2. The molecule has 1 aliphatic carbocycles. The van der Waals surface area contributed by atoms with Crippen molar-refractivity contribution in [1.82, 2.24) is 19.8 Å². The highest BCUT2D eigenvalue weighted by Crippen LogP contribution is 2.59.